The zero-order valence-electron chi connectivity index (χ0n) is 9.38. The summed E-state index contributed by atoms with van der Waals surface area (Å²) in [4.78, 5) is 2.48. The normalized spacial score (nSPS) is 36.9. The molecule has 2 heteroatoms. The van der Waals surface area contributed by atoms with Gasteiger partial charge in [0.25, 0.3) is 0 Å². The van der Waals surface area contributed by atoms with Gasteiger partial charge in [0.1, 0.15) is 0 Å². The third-order valence-electron chi connectivity index (χ3n) is 3.38. The molecule has 2 aliphatic rings. The number of hydrogen-bond donors (Lipinski definition) is 1. The quantitative estimate of drug-likeness (QED) is 0.708. The highest BCUT2D eigenvalue weighted by molar-refractivity contribution is 5.10. The van der Waals surface area contributed by atoms with Crippen LogP contribution in [0, 0.1) is 11.3 Å². The first kappa shape index (κ1) is 11.0. The average molecular weight is 185 g/mol. The Balaban J connectivity index is 0.000000396. The number of aliphatic hydroxyl groups is 1. The number of fused-ring (bicyclic) bond motifs is 1. The monoisotopic (exact) mass is 185 g/mol. The van der Waals surface area contributed by atoms with Gasteiger partial charge in [0.05, 0.1) is 6.61 Å². The number of piperidine rings is 1. The summed E-state index contributed by atoms with van der Waals surface area (Å²) in [5, 5.41) is 9.14. The zero-order chi connectivity index (χ0) is 10.1. The summed E-state index contributed by atoms with van der Waals surface area (Å²) in [7, 11) is 0. The van der Waals surface area contributed by atoms with Crippen LogP contribution in [0.15, 0.2) is 0 Å². The molecule has 0 bridgehead atoms. The van der Waals surface area contributed by atoms with Crippen molar-refractivity contribution >= 4 is 0 Å². The maximum Gasteiger partial charge on any atom is 0.0502 e. The van der Waals surface area contributed by atoms with Crippen molar-refractivity contribution in [3.05, 3.63) is 0 Å². The largest absolute Gasteiger partial charge is 0.396 e. The van der Waals surface area contributed by atoms with Gasteiger partial charge in [-0.3, -0.25) is 4.90 Å². The number of likely N-dealkylation sites (tertiary alicyclic amines) is 1. The Hall–Kier alpha value is -0.0800. The Morgan fingerprint density at radius 2 is 2.08 bits per heavy atom. The Kier molecular flexibility index (Phi) is 3.36. The van der Waals surface area contributed by atoms with Crippen LogP contribution in [-0.2, 0) is 0 Å². The first-order valence-electron chi connectivity index (χ1n) is 5.53. The highest BCUT2D eigenvalue weighted by atomic mass is 16.3. The lowest BCUT2D eigenvalue weighted by atomic mass is 10.1. The molecular weight excluding hydrogens is 162 g/mol. The van der Waals surface area contributed by atoms with Gasteiger partial charge in [-0.05, 0) is 26.2 Å². The SMILES string of the molecule is CC.CC(C)N1CC2CC2(CO)C1. The fourth-order valence-electron chi connectivity index (χ4n) is 2.27. The minimum atomic E-state index is 0.338. The lowest BCUT2D eigenvalue weighted by Crippen LogP contribution is -2.32. The second-order valence-electron chi connectivity index (χ2n) is 4.44. The molecule has 1 N–H and O–H groups in total. The van der Waals surface area contributed by atoms with Gasteiger partial charge in [0.2, 0.25) is 0 Å². The predicted molar refractivity (Wildman–Crippen MR) is 55.7 cm³/mol. The van der Waals surface area contributed by atoms with Crippen LogP contribution in [0.25, 0.3) is 0 Å². The Labute approximate surface area is 81.9 Å². The Bertz CT molecular complexity index is 165. The third-order valence-corrected chi connectivity index (χ3v) is 3.38. The van der Waals surface area contributed by atoms with Gasteiger partial charge in [-0.2, -0.15) is 0 Å². The second-order valence-corrected chi connectivity index (χ2v) is 4.44. The summed E-state index contributed by atoms with van der Waals surface area (Å²) in [6.45, 7) is 11.2. The van der Waals surface area contributed by atoms with Gasteiger partial charge in [0, 0.05) is 24.5 Å². The molecule has 2 fully saturated rings. The van der Waals surface area contributed by atoms with Gasteiger partial charge < -0.3 is 5.11 Å². The number of hydrogen-bond acceptors (Lipinski definition) is 2. The molecule has 2 atom stereocenters. The van der Waals surface area contributed by atoms with E-state index in [9.17, 15) is 0 Å². The first-order chi connectivity index (χ1) is 6.18. The van der Waals surface area contributed by atoms with Crippen LogP contribution in [0.5, 0.6) is 0 Å². The predicted octanol–water partition coefficient (Wildman–Crippen LogP) is 1.74. The van der Waals surface area contributed by atoms with Gasteiger partial charge in [-0.15, -0.1) is 0 Å². The summed E-state index contributed by atoms with van der Waals surface area (Å²) in [5.41, 5.74) is 0.338. The van der Waals surface area contributed by atoms with E-state index in [-0.39, 0.29) is 0 Å². The van der Waals surface area contributed by atoms with Crippen molar-refractivity contribution in [2.45, 2.75) is 40.2 Å². The standard InChI is InChI=1S/C9H17NO.C2H6/c1-7(2)10-4-8-3-9(8,5-10)6-11;1-2/h7-8,11H,3-6H2,1-2H3;1-2H3. The highest BCUT2D eigenvalue weighted by Crippen LogP contribution is 2.57. The smallest absolute Gasteiger partial charge is 0.0502 e. The fourth-order valence-corrected chi connectivity index (χ4v) is 2.27. The summed E-state index contributed by atoms with van der Waals surface area (Å²) in [5.74, 6) is 0.815. The number of nitrogens with zero attached hydrogens (tertiary/aromatic N) is 1. The van der Waals surface area contributed by atoms with Crippen molar-refractivity contribution in [2.24, 2.45) is 11.3 Å². The van der Waals surface area contributed by atoms with Crippen LogP contribution in [-0.4, -0.2) is 35.7 Å². The summed E-state index contributed by atoms with van der Waals surface area (Å²) < 4.78 is 0. The van der Waals surface area contributed by atoms with Gasteiger partial charge in [-0.1, -0.05) is 13.8 Å². The van der Waals surface area contributed by atoms with E-state index in [1.807, 2.05) is 13.8 Å². The van der Waals surface area contributed by atoms with Crippen LogP contribution < -0.4 is 0 Å². The van der Waals surface area contributed by atoms with Gasteiger partial charge >= 0.3 is 0 Å². The van der Waals surface area contributed by atoms with E-state index in [2.05, 4.69) is 18.7 Å². The van der Waals surface area contributed by atoms with Crippen molar-refractivity contribution in [2.75, 3.05) is 19.7 Å². The first-order valence-corrected chi connectivity index (χ1v) is 5.53. The van der Waals surface area contributed by atoms with Crippen LogP contribution in [0.1, 0.15) is 34.1 Å². The van der Waals surface area contributed by atoms with E-state index < -0.39 is 0 Å². The average Bonchev–Trinajstić information content (AvgIpc) is 2.72. The van der Waals surface area contributed by atoms with Crippen molar-refractivity contribution in [1.29, 1.82) is 0 Å². The van der Waals surface area contributed by atoms with E-state index in [1.54, 1.807) is 0 Å². The maximum atomic E-state index is 9.14. The molecule has 1 saturated heterocycles. The molecule has 1 saturated carbocycles. The molecular formula is C11H23NO. The molecule has 0 aromatic heterocycles. The lowest BCUT2D eigenvalue weighted by molar-refractivity contribution is 0.171. The van der Waals surface area contributed by atoms with Crippen LogP contribution in [0.4, 0.5) is 0 Å². The molecule has 78 valence electrons. The van der Waals surface area contributed by atoms with Crippen molar-refractivity contribution in [1.82, 2.24) is 4.90 Å². The Morgan fingerprint density at radius 1 is 1.46 bits per heavy atom. The van der Waals surface area contributed by atoms with Crippen LogP contribution >= 0.6 is 0 Å². The van der Waals surface area contributed by atoms with Gasteiger partial charge in [-0.25, -0.2) is 0 Å². The molecule has 0 aromatic carbocycles. The minimum absolute atomic E-state index is 0.338. The van der Waals surface area contributed by atoms with E-state index in [1.165, 1.54) is 13.0 Å². The molecule has 1 aliphatic carbocycles. The zero-order valence-corrected chi connectivity index (χ0v) is 9.38. The van der Waals surface area contributed by atoms with Crippen LogP contribution in [0.3, 0.4) is 0 Å². The fraction of sp³-hybridized carbons (Fsp3) is 1.00. The topological polar surface area (TPSA) is 23.5 Å². The van der Waals surface area contributed by atoms with E-state index >= 15 is 0 Å². The number of aliphatic hydroxyl groups excluding tert-OH is 1. The molecule has 0 amide bonds. The van der Waals surface area contributed by atoms with Gasteiger partial charge in [0.15, 0.2) is 0 Å². The van der Waals surface area contributed by atoms with E-state index in [4.69, 9.17) is 5.11 Å². The van der Waals surface area contributed by atoms with Crippen molar-refractivity contribution in [3.63, 3.8) is 0 Å². The van der Waals surface area contributed by atoms with Crippen molar-refractivity contribution < 1.29 is 5.11 Å². The van der Waals surface area contributed by atoms with Crippen LogP contribution in [0.2, 0.25) is 0 Å². The molecule has 2 nitrogen and oxygen atoms in total. The highest BCUT2D eigenvalue weighted by Gasteiger charge is 2.59. The second kappa shape index (κ2) is 3.97. The molecule has 0 aromatic rings. The summed E-state index contributed by atoms with van der Waals surface area (Å²) in [6, 6.07) is 0.659. The summed E-state index contributed by atoms with van der Waals surface area (Å²) >= 11 is 0. The Morgan fingerprint density at radius 3 is 2.38 bits per heavy atom. The number of rotatable bonds is 2. The lowest BCUT2D eigenvalue weighted by Gasteiger charge is -2.23. The molecule has 1 heterocycles. The molecule has 2 unspecified atom stereocenters. The molecule has 0 radical (unpaired) electrons. The maximum absolute atomic E-state index is 9.14. The summed E-state index contributed by atoms with van der Waals surface area (Å²) in [6.07, 6.45) is 1.27. The molecule has 13 heavy (non-hydrogen) atoms. The molecule has 1 aliphatic heterocycles. The molecule has 0 spiro atoms. The minimum Gasteiger partial charge on any atom is -0.396 e. The third kappa shape index (κ3) is 1.89. The van der Waals surface area contributed by atoms with E-state index in [0.717, 1.165) is 12.5 Å². The van der Waals surface area contributed by atoms with Crippen molar-refractivity contribution in [3.8, 4) is 0 Å². The van der Waals surface area contributed by atoms with E-state index in [0.29, 0.717) is 18.1 Å². The molecule has 2 rings (SSSR count).